The first-order chi connectivity index (χ1) is 12.8. The minimum atomic E-state index is 0. The highest BCUT2D eigenvalue weighted by Gasteiger charge is 2.15. The van der Waals surface area contributed by atoms with Gasteiger partial charge in [0, 0.05) is 30.6 Å². The molecule has 2 aromatic heterocycles. The zero-order valence-corrected chi connectivity index (χ0v) is 16.3. The van der Waals surface area contributed by atoms with Crippen LogP contribution in [0.2, 0.25) is 0 Å². The number of fused-ring (bicyclic) bond motifs is 1. The van der Waals surface area contributed by atoms with Gasteiger partial charge < -0.3 is 14.6 Å². The molecule has 0 bridgehead atoms. The minimum absolute atomic E-state index is 0. The van der Waals surface area contributed by atoms with Crippen molar-refractivity contribution in [1.82, 2.24) is 30.3 Å². The Morgan fingerprint density at radius 3 is 3.00 bits per heavy atom. The van der Waals surface area contributed by atoms with Gasteiger partial charge in [-0.05, 0) is 25.0 Å². The lowest BCUT2D eigenvalue weighted by Crippen LogP contribution is -2.17. The van der Waals surface area contributed by atoms with Crippen LogP contribution in [0.4, 0.5) is 0 Å². The van der Waals surface area contributed by atoms with Gasteiger partial charge in [0.2, 0.25) is 0 Å². The zero-order chi connectivity index (χ0) is 17.8. The quantitative estimate of drug-likeness (QED) is 0.678. The Labute approximate surface area is 164 Å². The maximum absolute atomic E-state index is 5.32. The van der Waals surface area contributed by atoms with Gasteiger partial charge in [-0.15, -0.1) is 22.6 Å². The minimum Gasteiger partial charge on any atom is -0.497 e. The summed E-state index contributed by atoms with van der Waals surface area (Å²) in [6, 6.07) is 7.99. The van der Waals surface area contributed by atoms with Gasteiger partial charge in [-0.3, -0.25) is 5.10 Å². The van der Waals surface area contributed by atoms with Crippen molar-refractivity contribution in [2.75, 3.05) is 7.11 Å². The van der Waals surface area contributed by atoms with Crippen molar-refractivity contribution >= 4 is 12.4 Å². The fourth-order valence-corrected chi connectivity index (χ4v) is 3.46. The molecule has 0 aliphatic carbocycles. The predicted octanol–water partition coefficient (Wildman–Crippen LogP) is 3.11. The van der Waals surface area contributed by atoms with Crippen LogP contribution >= 0.6 is 12.4 Å². The van der Waals surface area contributed by atoms with E-state index in [0.29, 0.717) is 13.1 Å². The molecule has 4 rings (SSSR count). The lowest BCUT2D eigenvalue weighted by atomic mass is 10.1. The van der Waals surface area contributed by atoms with Gasteiger partial charge in [0.15, 0.2) is 0 Å². The smallest absolute Gasteiger partial charge is 0.147 e. The first-order valence-electron chi connectivity index (χ1n) is 9.13. The van der Waals surface area contributed by atoms with Gasteiger partial charge in [-0.2, -0.15) is 5.10 Å². The Hall–Kier alpha value is -2.38. The van der Waals surface area contributed by atoms with E-state index in [0.717, 1.165) is 47.2 Å². The summed E-state index contributed by atoms with van der Waals surface area (Å²) in [5, 5.41) is 19.5. The molecule has 0 radical (unpaired) electrons. The molecule has 2 N–H and O–H groups in total. The van der Waals surface area contributed by atoms with E-state index >= 15 is 0 Å². The summed E-state index contributed by atoms with van der Waals surface area (Å²) in [6.45, 7) is 2.45. The molecule has 1 aromatic carbocycles. The molecular formula is C19H25ClN6O. The number of benzene rings is 1. The Morgan fingerprint density at radius 2 is 2.11 bits per heavy atom. The summed E-state index contributed by atoms with van der Waals surface area (Å²) in [5.41, 5.74) is 3.19. The van der Waals surface area contributed by atoms with E-state index in [9.17, 15) is 0 Å². The van der Waals surface area contributed by atoms with E-state index < -0.39 is 0 Å². The Balaban J connectivity index is 0.00000210. The van der Waals surface area contributed by atoms with Gasteiger partial charge in [0.1, 0.15) is 17.4 Å². The van der Waals surface area contributed by atoms with Crippen molar-refractivity contribution in [3.8, 4) is 17.0 Å². The lowest BCUT2D eigenvalue weighted by molar-refractivity contribution is 0.415. The first kappa shape index (κ1) is 19.4. The average Bonchev–Trinajstić information content (AvgIpc) is 3.22. The summed E-state index contributed by atoms with van der Waals surface area (Å²) in [5.74, 6) is 2.98. The number of ether oxygens (including phenoxy) is 1. The molecule has 0 unspecified atom stereocenters. The number of aromatic nitrogens is 5. The van der Waals surface area contributed by atoms with Gasteiger partial charge in [0.25, 0.3) is 0 Å². The summed E-state index contributed by atoms with van der Waals surface area (Å²) in [7, 11) is 1.68. The first-order valence-corrected chi connectivity index (χ1v) is 9.13. The van der Waals surface area contributed by atoms with Gasteiger partial charge in [0.05, 0.1) is 25.5 Å². The monoisotopic (exact) mass is 388 g/mol. The molecular weight excluding hydrogens is 364 g/mol. The maximum atomic E-state index is 5.32. The molecule has 0 atom stereocenters. The molecule has 1 aliphatic heterocycles. The highest BCUT2D eigenvalue weighted by Crippen LogP contribution is 2.25. The predicted molar refractivity (Wildman–Crippen MR) is 106 cm³/mol. The second-order valence-electron chi connectivity index (χ2n) is 6.60. The third kappa shape index (κ3) is 4.31. The van der Waals surface area contributed by atoms with Crippen LogP contribution in [-0.2, 0) is 26.1 Å². The largest absolute Gasteiger partial charge is 0.497 e. The molecule has 0 saturated carbocycles. The number of aryl methyl sites for hydroxylation is 1. The van der Waals surface area contributed by atoms with Crippen LogP contribution in [0.3, 0.4) is 0 Å². The van der Waals surface area contributed by atoms with Crippen LogP contribution < -0.4 is 10.1 Å². The molecule has 0 saturated heterocycles. The van der Waals surface area contributed by atoms with E-state index in [1.54, 1.807) is 7.11 Å². The second-order valence-corrected chi connectivity index (χ2v) is 6.60. The Morgan fingerprint density at radius 1 is 1.19 bits per heavy atom. The number of methoxy groups -OCH3 is 1. The number of nitrogens with one attached hydrogen (secondary N) is 2. The van der Waals surface area contributed by atoms with Gasteiger partial charge in [-0.25, -0.2) is 0 Å². The second kappa shape index (κ2) is 9.01. The number of hydrogen-bond donors (Lipinski definition) is 2. The lowest BCUT2D eigenvalue weighted by Gasteiger charge is -2.09. The molecule has 0 fully saturated rings. The molecule has 8 heteroatoms. The van der Waals surface area contributed by atoms with Crippen molar-refractivity contribution in [3.63, 3.8) is 0 Å². The molecule has 0 spiro atoms. The fourth-order valence-electron chi connectivity index (χ4n) is 3.46. The SMILES string of the molecule is COc1cccc(-c2[nH]ncc2CNCc2nnc3n2CCCCC3)c1.Cl. The summed E-state index contributed by atoms with van der Waals surface area (Å²) < 4.78 is 7.59. The zero-order valence-electron chi connectivity index (χ0n) is 15.4. The van der Waals surface area contributed by atoms with Crippen molar-refractivity contribution < 1.29 is 4.74 Å². The van der Waals surface area contributed by atoms with Crippen molar-refractivity contribution in [3.05, 3.63) is 47.7 Å². The van der Waals surface area contributed by atoms with Crippen molar-refractivity contribution in [1.29, 1.82) is 0 Å². The van der Waals surface area contributed by atoms with Crippen LogP contribution in [-0.4, -0.2) is 32.1 Å². The third-order valence-electron chi connectivity index (χ3n) is 4.86. The van der Waals surface area contributed by atoms with E-state index in [2.05, 4.69) is 36.3 Å². The molecule has 0 amide bonds. The molecule has 3 aromatic rings. The van der Waals surface area contributed by atoms with Crippen LogP contribution in [0.5, 0.6) is 5.75 Å². The van der Waals surface area contributed by atoms with Gasteiger partial charge in [-0.1, -0.05) is 18.6 Å². The number of nitrogens with zero attached hydrogens (tertiary/aromatic N) is 4. The van der Waals surface area contributed by atoms with E-state index in [4.69, 9.17) is 4.74 Å². The molecule has 1 aliphatic rings. The fraction of sp³-hybridized carbons (Fsp3) is 0.421. The van der Waals surface area contributed by atoms with Crippen molar-refractivity contribution in [2.24, 2.45) is 0 Å². The average molecular weight is 389 g/mol. The molecule has 7 nitrogen and oxygen atoms in total. The number of aromatic amines is 1. The van der Waals surface area contributed by atoms with Crippen LogP contribution in [0, 0.1) is 0 Å². The summed E-state index contributed by atoms with van der Waals surface area (Å²) in [4.78, 5) is 0. The maximum Gasteiger partial charge on any atom is 0.147 e. The van der Waals surface area contributed by atoms with E-state index in [1.165, 1.54) is 19.3 Å². The number of H-pyrrole nitrogens is 1. The number of halogens is 1. The highest BCUT2D eigenvalue weighted by atomic mass is 35.5. The third-order valence-corrected chi connectivity index (χ3v) is 4.86. The molecule has 144 valence electrons. The number of rotatable bonds is 6. The Kier molecular flexibility index (Phi) is 6.47. The highest BCUT2D eigenvalue weighted by molar-refractivity contribution is 5.85. The van der Waals surface area contributed by atoms with Crippen LogP contribution in [0.25, 0.3) is 11.3 Å². The van der Waals surface area contributed by atoms with E-state index in [1.807, 2.05) is 24.4 Å². The normalized spacial score (nSPS) is 13.5. The van der Waals surface area contributed by atoms with Crippen molar-refractivity contribution in [2.45, 2.75) is 45.3 Å². The standard InChI is InChI=1S/C19H24N6O.ClH/c1-26-16-7-5-6-14(10-16)19-15(12-21-24-19)11-20-13-18-23-22-17-8-3-2-4-9-25(17)18;/h5-7,10,12,20H,2-4,8-9,11,13H2,1H3,(H,21,24);1H. The topological polar surface area (TPSA) is 80.7 Å². The summed E-state index contributed by atoms with van der Waals surface area (Å²) >= 11 is 0. The van der Waals surface area contributed by atoms with Crippen LogP contribution in [0.15, 0.2) is 30.5 Å². The molecule has 27 heavy (non-hydrogen) atoms. The van der Waals surface area contributed by atoms with Crippen LogP contribution in [0.1, 0.15) is 36.5 Å². The summed E-state index contributed by atoms with van der Waals surface area (Å²) in [6.07, 6.45) is 6.60. The molecule has 3 heterocycles. The van der Waals surface area contributed by atoms with Gasteiger partial charge >= 0.3 is 0 Å². The van der Waals surface area contributed by atoms with E-state index in [-0.39, 0.29) is 12.4 Å². The Bertz CT molecular complexity index is 875. The number of hydrogen-bond acceptors (Lipinski definition) is 5.